The average molecular weight is 180 g/mol. The molecule has 0 amide bonds. The van der Waals surface area contributed by atoms with Crippen molar-refractivity contribution in [1.29, 1.82) is 0 Å². The third-order valence-electron chi connectivity index (χ3n) is 1.72. The predicted molar refractivity (Wildman–Crippen MR) is 56.8 cm³/mol. The van der Waals surface area contributed by atoms with E-state index in [9.17, 15) is 0 Å². The van der Waals surface area contributed by atoms with Crippen LogP contribution in [0.25, 0.3) is 0 Å². The number of thioether (sulfide) groups is 1. The molecule has 0 aliphatic rings. The Morgan fingerprint density at radius 1 is 1.25 bits per heavy atom. The summed E-state index contributed by atoms with van der Waals surface area (Å²) in [5.74, 6) is 0. The molecule has 0 fully saturated rings. The third-order valence-corrected chi connectivity index (χ3v) is 2.84. The topological polar surface area (TPSA) is 0 Å². The van der Waals surface area contributed by atoms with Gasteiger partial charge in [0.05, 0.1) is 0 Å². The Morgan fingerprint density at radius 2 is 1.92 bits per heavy atom. The van der Waals surface area contributed by atoms with E-state index in [4.69, 9.17) is 0 Å². The summed E-state index contributed by atoms with van der Waals surface area (Å²) in [5.41, 5.74) is 1.47. The van der Waals surface area contributed by atoms with Gasteiger partial charge < -0.3 is 0 Å². The van der Waals surface area contributed by atoms with Crippen LogP contribution >= 0.6 is 11.8 Å². The Kier molecular flexibility index (Phi) is 3.67. The smallest absolute Gasteiger partial charge is 0.0106 e. The van der Waals surface area contributed by atoms with Gasteiger partial charge in [-0.25, -0.2) is 0 Å². The van der Waals surface area contributed by atoms with Crippen LogP contribution in [0.4, 0.5) is 0 Å². The molecule has 0 spiro atoms. The molecule has 0 saturated heterocycles. The molecule has 0 aliphatic carbocycles. The lowest BCUT2D eigenvalue weighted by molar-refractivity contribution is 1.06. The van der Waals surface area contributed by atoms with E-state index in [0.717, 1.165) is 6.42 Å². The van der Waals surface area contributed by atoms with E-state index >= 15 is 0 Å². The quantitative estimate of drug-likeness (QED) is 0.638. The molecule has 0 aliphatic heterocycles. The summed E-state index contributed by atoms with van der Waals surface area (Å²) in [6.45, 7) is 6.67. The van der Waals surface area contributed by atoms with Crippen molar-refractivity contribution in [2.45, 2.75) is 37.3 Å². The van der Waals surface area contributed by atoms with Gasteiger partial charge in [0, 0.05) is 10.1 Å². The number of aryl methyl sites for hydroxylation is 1. The van der Waals surface area contributed by atoms with Crippen LogP contribution in [0.5, 0.6) is 0 Å². The van der Waals surface area contributed by atoms with Gasteiger partial charge in [-0.05, 0) is 18.1 Å². The highest BCUT2D eigenvalue weighted by molar-refractivity contribution is 8.00. The maximum atomic E-state index is 2.23. The second kappa shape index (κ2) is 4.56. The van der Waals surface area contributed by atoms with Gasteiger partial charge in [0.1, 0.15) is 0 Å². The molecule has 1 heteroatoms. The molecule has 1 aromatic carbocycles. The highest BCUT2D eigenvalue weighted by atomic mass is 32.2. The molecule has 66 valence electrons. The summed E-state index contributed by atoms with van der Waals surface area (Å²) in [6.07, 6.45) is 1.13. The first-order valence-electron chi connectivity index (χ1n) is 4.48. The largest absolute Gasteiger partial charge is 0.123 e. The lowest BCUT2D eigenvalue weighted by atomic mass is 10.2. The lowest BCUT2D eigenvalue weighted by Gasteiger charge is -2.08. The summed E-state index contributed by atoms with van der Waals surface area (Å²) in [6, 6.07) is 8.65. The van der Waals surface area contributed by atoms with Crippen LogP contribution < -0.4 is 0 Å². The summed E-state index contributed by atoms with van der Waals surface area (Å²) in [7, 11) is 0. The standard InChI is InChI=1S/C11H16S/c1-4-10-7-5-6-8-11(10)12-9(2)3/h5-9H,4H2,1-3H3. The van der Waals surface area contributed by atoms with Crippen molar-refractivity contribution < 1.29 is 0 Å². The van der Waals surface area contributed by atoms with Gasteiger partial charge in [-0.3, -0.25) is 0 Å². The van der Waals surface area contributed by atoms with Crippen LogP contribution in [-0.4, -0.2) is 5.25 Å². The van der Waals surface area contributed by atoms with E-state index in [2.05, 4.69) is 45.0 Å². The minimum atomic E-state index is 0.678. The van der Waals surface area contributed by atoms with Crippen LogP contribution in [0.1, 0.15) is 26.3 Å². The Balaban J connectivity index is 2.82. The second-order valence-corrected chi connectivity index (χ2v) is 4.75. The summed E-state index contributed by atoms with van der Waals surface area (Å²) in [5, 5.41) is 0.678. The Morgan fingerprint density at radius 3 is 2.50 bits per heavy atom. The third kappa shape index (κ3) is 2.56. The molecule has 1 aromatic rings. The zero-order valence-corrected chi connectivity index (χ0v) is 8.82. The normalized spacial score (nSPS) is 10.7. The zero-order valence-electron chi connectivity index (χ0n) is 8.00. The second-order valence-electron chi connectivity index (χ2n) is 3.13. The minimum Gasteiger partial charge on any atom is -0.123 e. The van der Waals surface area contributed by atoms with Crippen molar-refractivity contribution in [1.82, 2.24) is 0 Å². The highest BCUT2D eigenvalue weighted by Gasteiger charge is 2.01. The predicted octanol–water partition coefficient (Wildman–Crippen LogP) is 3.75. The molecule has 12 heavy (non-hydrogen) atoms. The number of rotatable bonds is 3. The summed E-state index contributed by atoms with van der Waals surface area (Å²) < 4.78 is 0. The van der Waals surface area contributed by atoms with Crippen LogP contribution in [0.3, 0.4) is 0 Å². The van der Waals surface area contributed by atoms with Crippen molar-refractivity contribution in [3.8, 4) is 0 Å². The maximum Gasteiger partial charge on any atom is 0.0106 e. The van der Waals surface area contributed by atoms with Gasteiger partial charge in [0.25, 0.3) is 0 Å². The molecule has 0 aromatic heterocycles. The van der Waals surface area contributed by atoms with Crippen LogP contribution in [0.15, 0.2) is 29.2 Å². The average Bonchev–Trinajstić information content (AvgIpc) is 2.04. The maximum absolute atomic E-state index is 2.23. The Labute approximate surface area is 79.4 Å². The highest BCUT2D eigenvalue weighted by Crippen LogP contribution is 2.26. The van der Waals surface area contributed by atoms with Crippen LogP contribution in [-0.2, 0) is 6.42 Å². The van der Waals surface area contributed by atoms with Gasteiger partial charge in [0.15, 0.2) is 0 Å². The monoisotopic (exact) mass is 180 g/mol. The van der Waals surface area contributed by atoms with Crippen molar-refractivity contribution >= 4 is 11.8 Å². The molecule has 1 rings (SSSR count). The van der Waals surface area contributed by atoms with Crippen LogP contribution in [0.2, 0.25) is 0 Å². The Hall–Kier alpha value is -0.430. The molecule has 0 atom stereocenters. The van der Waals surface area contributed by atoms with Crippen molar-refractivity contribution in [3.05, 3.63) is 29.8 Å². The zero-order chi connectivity index (χ0) is 8.97. The molecule has 0 bridgehead atoms. The first kappa shape index (κ1) is 9.66. The van der Waals surface area contributed by atoms with E-state index in [1.807, 2.05) is 11.8 Å². The van der Waals surface area contributed by atoms with E-state index in [1.165, 1.54) is 10.5 Å². The van der Waals surface area contributed by atoms with Crippen LogP contribution in [0, 0.1) is 0 Å². The van der Waals surface area contributed by atoms with Crippen molar-refractivity contribution in [2.24, 2.45) is 0 Å². The Bertz CT molecular complexity index is 241. The van der Waals surface area contributed by atoms with E-state index < -0.39 is 0 Å². The van der Waals surface area contributed by atoms with Crippen molar-refractivity contribution in [2.75, 3.05) is 0 Å². The fourth-order valence-electron chi connectivity index (χ4n) is 1.16. The lowest BCUT2D eigenvalue weighted by Crippen LogP contribution is -1.90. The number of hydrogen-bond donors (Lipinski definition) is 0. The van der Waals surface area contributed by atoms with Gasteiger partial charge in [-0.2, -0.15) is 0 Å². The molecule has 0 saturated carbocycles. The summed E-state index contributed by atoms with van der Waals surface area (Å²) in [4.78, 5) is 1.44. The fraction of sp³-hybridized carbons (Fsp3) is 0.455. The van der Waals surface area contributed by atoms with Gasteiger partial charge in [0.2, 0.25) is 0 Å². The van der Waals surface area contributed by atoms with Gasteiger partial charge >= 0.3 is 0 Å². The molecule has 0 N–H and O–H groups in total. The molecular formula is C11H16S. The molecular weight excluding hydrogens is 164 g/mol. The molecule has 0 heterocycles. The molecule has 0 radical (unpaired) electrons. The fourth-order valence-corrected chi connectivity index (χ4v) is 2.19. The minimum absolute atomic E-state index is 0.678. The van der Waals surface area contributed by atoms with E-state index in [1.54, 1.807) is 0 Å². The van der Waals surface area contributed by atoms with E-state index in [0.29, 0.717) is 5.25 Å². The van der Waals surface area contributed by atoms with Gasteiger partial charge in [-0.1, -0.05) is 39.0 Å². The SMILES string of the molecule is CCc1ccccc1SC(C)C. The summed E-state index contributed by atoms with van der Waals surface area (Å²) >= 11 is 1.95. The first-order chi connectivity index (χ1) is 5.74. The van der Waals surface area contributed by atoms with Crippen molar-refractivity contribution in [3.63, 3.8) is 0 Å². The molecule has 0 unspecified atom stereocenters. The first-order valence-corrected chi connectivity index (χ1v) is 5.36. The molecule has 0 nitrogen and oxygen atoms in total. The van der Waals surface area contributed by atoms with E-state index in [-0.39, 0.29) is 0 Å². The van der Waals surface area contributed by atoms with Gasteiger partial charge in [-0.15, -0.1) is 11.8 Å². The number of benzene rings is 1. The number of hydrogen-bond acceptors (Lipinski definition) is 1.